The van der Waals surface area contributed by atoms with Gasteiger partial charge >= 0.3 is 5.97 Å². The zero-order chi connectivity index (χ0) is 13.7. The van der Waals surface area contributed by atoms with Crippen molar-refractivity contribution in [1.82, 2.24) is 4.57 Å². The van der Waals surface area contributed by atoms with Gasteiger partial charge in [-0.15, -0.1) is 0 Å². The Morgan fingerprint density at radius 2 is 1.74 bits per heavy atom. The number of carboxylic acid groups (broad SMARTS) is 1. The fraction of sp³-hybridized carbons (Fsp3) is 0.0667. The van der Waals surface area contributed by atoms with Crippen molar-refractivity contribution in [2.24, 2.45) is 0 Å². The standard InChI is InChI=1S/C15H13NO3/c17-14-8-10-16(11-9-14)13-6-4-12(5-7-13)2-1-3-15(18)19/h1-2,4-11H,3H2,(H,18,19)/b2-1+. The second kappa shape index (κ2) is 5.82. The number of hydrogen-bond acceptors (Lipinski definition) is 2. The van der Waals surface area contributed by atoms with Crippen LogP contribution in [0, 0.1) is 0 Å². The summed E-state index contributed by atoms with van der Waals surface area (Å²) in [5.74, 6) is -0.846. The van der Waals surface area contributed by atoms with E-state index in [2.05, 4.69) is 0 Å². The molecule has 0 spiro atoms. The van der Waals surface area contributed by atoms with Gasteiger partial charge in [-0.3, -0.25) is 9.59 Å². The predicted octanol–water partition coefficient (Wildman–Crippen LogP) is 2.33. The van der Waals surface area contributed by atoms with Gasteiger partial charge in [0.25, 0.3) is 0 Å². The van der Waals surface area contributed by atoms with Crippen LogP contribution in [0.4, 0.5) is 0 Å². The van der Waals surface area contributed by atoms with Gasteiger partial charge in [0.2, 0.25) is 0 Å². The molecule has 0 atom stereocenters. The predicted molar refractivity (Wildman–Crippen MR) is 73.3 cm³/mol. The van der Waals surface area contributed by atoms with Gasteiger partial charge in [-0.05, 0) is 17.7 Å². The highest BCUT2D eigenvalue weighted by Crippen LogP contribution is 2.10. The summed E-state index contributed by atoms with van der Waals surface area (Å²) in [5, 5.41) is 8.53. The van der Waals surface area contributed by atoms with Crippen LogP contribution in [0.2, 0.25) is 0 Å². The van der Waals surface area contributed by atoms with Crippen LogP contribution in [0.25, 0.3) is 11.8 Å². The summed E-state index contributed by atoms with van der Waals surface area (Å²) in [7, 11) is 0. The average molecular weight is 255 g/mol. The molecule has 1 aromatic carbocycles. The molecular weight excluding hydrogens is 242 g/mol. The van der Waals surface area contributed by atoms with Crippen LogP contribution in [0.3, 0.4) is 0 Å². The van der Waals surface area contributed by atoms with E-state index in [1.165, 1.54) is 12.1 Å². The van der Waals surface area contributed by atoms with Crippen LogP contribution in [-0.2, 0) is 4.79 Å². The molecule has 4 nitrogen and oxygen atoms in total. The van der Waals surface area contributed by atoms with E-state index in [0.29, 0.717) is 0 Å². The molecule has 19 heavy (non-hydrogen) atoms. The lowest BCUT2D eigenvalue weighted by Gasteiger charge is -2.05. The van der Waals surface area contributed by atoms with Crippen LogP contribution in [0.1, 0.15) is 12.0 Å². The molecule has 96 valence electrons. The maximum atomic E-state index is 11.0. The molecule has 0 saturated heterocycles. The molecule has 1 heterocycles. The van der Waals surface area contributed by atoms with Crippen molar-refractivity contribution < 1.29 is 9.90 Å². The highest BCUT2D eigenvalue weighted by molar-refractivity contribution is 5.70. The van der Waals surface area contributed by atoms with Crippen molar-refractivity contribution in [3.63, 3.8) is 0 Å². The van der Waals surface area contributed by atoms with E-state index in [1.54, 1.807) is 24.5 Å². The first-order valence-corrected chi connectivity index (χ1v) is 5.82. The minimum absolute atomic E-state index is 0.0153. The Morgan fingerprint density at radius 3 is 2.32 bits per heavy atom. The van der Waals surface area contributed by atoms with Crippen molar-refractivity contribution in [2.45, 2.75) is 6.42 Å². The number of rotatable bonds is 4. The van der Waals surface area contributed by atoms with Gasteiger partial charge in [-0.25, -0.2) is 0 Å². The third kappa shape index (κ3) is 3.67. The number of nitrogens with zero attached hydrogens (tertiary/aromatic N) is 1. The number of hydrogen-bond donors (Lipinski definition) is 1. The molecular formula is C15H13NO3. The Balaban J connectivity index is 2.14. The lowest BCUT2D eigenvalue weighted by atomic mass is 10.2. The van der Waals surface area contributed by atoms with Crippen LogP contribution in [0.5, 0.6) is 0 Å². The Bertz CT molecular complexity index is 633. The van der Waals surface area contributed by atoms with Crippen molar-refractivity contribution in [2.75, 3.05) is 0 Å². The molecule has 1 N–H and O–H groups in total. The first-order chi connectivity index (χ1) is 9.15. The molecule has 0 fully saturated rings. The Labute approximate surface area is 110 Å². The summed E-state index contributed by atoms with van der Waals surface area (Å²) in [4.78, 5) is 21.4. The van der Waals surface area contributed by atoms with E-state index in [9.17, 15) is 9.59 Å². The molecule has 0 aliphatic heterocycles. The first-order valence-electron chi connectivity index (χ1n) is 5.82. The van der Waals surface area contributed by atoms with E-state index in [4.69, 9.17) is 5.11 Å². The number of pyridine rings is 1. The van der Waals surface area contributed by atoms with Crippen molar-refractivity contribution in [3.8, 4) is 5.69 Å². The lowest BCUT2D eigenvalue weighted by molar-refractivity contribution is -0.135. The van der Waals surface area contributed by atoms with E-state index in [0.717, 1.165) is 11.3 Å². The minimum atomic E-state index is -0.846. The second-order valence-corrected chi connectivity index (χ2v) is 4.03. The zero-order valence-electron chi connectivity index (χ0n) is 10.2. The van der Waals surface area contributed by atoms with Gasteiger partial charge in [0.1, 0.15) is 0 Å². The summed E-state index contributed by atoms with van der Waals surface area (Å²) < 4.78 is 1.84. The highest BCUT2D eigenvalue weighted by atomic mass is 16.4. The molecule has 4 heteroatoms. The number of aliphatic carboxylic acids is 1. The molecule has 2 aromatic rings. The molecule has 0 radical (unpaired) electrons. The Morgan fingerprint density at radius 1 is 1.11 bits per heavy atom. The third-order valence-electron chi connectivity index (χ3n) is 2.59. The Kier molecular flexibility index (Phi) is 3.93. The van der Waals surface area contributed by atoms with Crippen molar-refractivity contribution in [3.05, 3.63) is 70.7 Å². The fourth-order valence-corrected chi connectivity index (χ4v) is 1.64. The summed E-state index contributed by atoms with van der Waals surface area (Å²) in [6.45, 7) is 0. The Hall–Kier alpha value is -2.62. The van der Waals surface area contributed by atoms with E-state index in [1.807, 2.05) is 28.8 Å². The highest BCUT2D eigenvalue weighted by Gasteiger charge is 1.95. The number of carbonyl (C=O) groups is 1. The first kappa shape index (κ1) is 12.8. The second-order valence-electron chi connectivity index (χ2n) is 4.03. The monoisotopic (exact) mass is 255 g/mol. The van der Waals surface area contributed by atoms with Gasteiger partial charge in [-0.1, -0.05) is 24.3 Å². The minimum Gasteiger partial charge on any atom is -0.481 e. The van der Waals surface area contributed by atoms with E-state index in [-0.39, 0.29) is 11.8 Å². The molecule has 0 aliphatic rings. The maximum Gasteiger partial charge on any atom is 0.307 e. The zero-order valence-corrected chi connectivity index (χ0v) is 10.2. The summed E-state index contributed by atoms with van der Waals surface area (Å²) in [6.07, 6.45) is 6.80. The van der Waals surface area contributed by atoms with Crippen molar-refractivity contribution >= 4 is 12.0 Å². The van der Waals surface area contributed by atoms with Crippen LogP contribution in [-0.4, -0.2) is 15.6 Å². The number of carboxylic acids is 1. The van der Waals surface area contributed by atoms with Crippen LogP contribution >= 0.6 is 0 Å². The fourth-order valence-electron chi connectivity index (χ4n) is 1.64. The normalized spacial score (nSPS) is 10.7. The molecule has 2 rings (SSSR count). The van der Waals surface area contributed by atoms with Gasteiger partial charge < -0.3 is 9.67 Å². The molecule has 0 aliphatic carbocycles. The van der Waals surface area contributed by atoms with Crippen molar-refractivity contribution in [1.29, 1.82) is 0 Å². The quantitative estimate of drug-likeness (QED) is 0.912. The molecule has 0 bridgehead atoms. The van der Waals surface area contributed by atoms with E-state index < -0.39 is 5.97 Å². The van der Waals surface area contributed by atoms with Gasteiger partial charge in [0.05, 0.1) is 6.42 Å². The number of aromatic nitrogens is 1. The largest absolute Gasteiger partial charge is 0.481 e. The smallest absolute Gasteiger partial charge is 0.307 e. The summed E-state index contributed by atoms with van der Waals surface area (Å²) in [5.41, 5.74) is 1.85. The molecule has 0 saturated carbocycles. The van der Waals surface area contributed by atoms with E-state index >= 15 is 0 Å². The van der Waals surface area contributed by atoms with Crippen LogP contribution in [0.15, 0.2) is 59.7 Å². The molecule has 0 unspecified atom stereocenters. The van der Waals surface area contributed by atoms with Gasteiger partial charge in [0.15, 0.2) is 5.43 Å². The summed E-state index contributed by atoms with van der Waals surface area (Å²) in [6, 6.07) is 10.6. The number of benzene rings is 1. The topological polar surface area (TPSA) is 59.3 Å². The van der Waals surface area contributed by atoms with Gasteiger partial charge in [0, 0.05) is 30.2 Å². The average Bonchev–Trinajstić information content (AvgIpc) is 2.40. The SMILES string of the molecule is O=C(O)C/C=C/c1ccc(-n2ccc(=O)cc2)cc1. The summed E-state index contributed by atoms with van der Waals surface area (Å²) >= 11 is 0. The third-order valence-corrected chi connectivity index (χ3v) is 2.59. The van der Waals surface area contributed by atoms with Gasteiger partial charge in [-0.2, -0.15) is 0 Å². The molecule has 1 aromatic heterocycles. The maximum absolute atomic E-state index is 11.0. The molecule has 0 amide bonds. The van der Waals surface area contributed by atoms with Crippen LogP contribution < -0.4 is 5.43 Å². The lowest BCUT2D eigenvalue weighted by Crippen LogP contribution is -2.01.